The summed E-state index contributed by atoms with van der Waals surface area (Å²) < 4.78 is 11.4. The van der Waals surface area contributed by atoms with Crippen molar-refractivity contribution >= 4 is 11.8 Å². The lowest BCUT2D eigenvalue weighted by Crippen LogP contribution is -2.47. The van der Waals surface area contributed by atoms with E-state index in [9.17, 15) is 9.59 Å². The fourth-order valence-corrected chi connectivity index (χ4v) is 3.65. The largest absolute Gasteiger partial charge is 0.490 e. The number of hydrogen-bond acceptors (Lipinski definition) is 4. The molecule has 0 bridgehead atoms. The molecule has 2 amide bonds. The molecule has 0 aliphatic heterocycles. The molecular formula is C28H40N2O4. The molecule has 1 N–H and O–H groups in total. The highest BCUT2D eigenvalue weighted by Crippen LogP contribution is 2.29. The van der Waals surface area contributed by atoms with Gasteiger partial charge in [0.05, 0.1) is 13.2 Å². The smallest absolute Gasteiger partial charge is 0.242 e. The van der Waals surface area contributed by atoms with Crippen LogP contribution >= 0.6 is 0 Å². The monoisotopic (exact) mass is 468 g/mol. The van der Waals surface area contributed by atoms with Crippen LogP contribution in [0, 0.1) is 6.92 Å². The van der Waals surface area contributed by atoms with Gasteiger partial charge < -0.3 is 19.7 Å². The molecule has 2 aromatic rings. The zero-order valence-electron chi connectivity index (χ0n) is 21.4. The van der Waals surface area contributed by atoms with Gasteiger partial charge in [0.25, 0.3) is 0 Å². The van der Waals surface area contributed by atoms with Crippen molar-refractivity contribution in [2.24, 2.45) is 0 Å². The molecule has 2 rings (SSSR count). The third-order valence-corrected chi connectivity index (χ3v) is 5.71. The van der Waals surface area contributed by atoms with Gasteiger partial charge in [0.2, 0.25) is 11.8 Å². The maximum absolute atomic E-state index is 13.3. The van der Waals surface area contributed by atoms with Gasteiger partial charge in [-0.2, -0.15) is 0 Å². The Labute approximate surface area is 204 Å². The molecule has 1 atom stereocenters. The Hall–Kier alpha value is -3.02. The molecule has 0 aliphatic rings. The van der Waals surface area contributed by atoms with Crippen LogP contribution in [-0.2, 0) is 22.6 Å². The summed E-state index contributed by atoms with van der Waals surface area (Å²) in [7, 11) is 0. The van der Waals surface area contributed by atoms with E-state index in [4.69, 9.17) is 9.47 Å². The molecule has 6 heteroatoms. The molecule has 0 spiro atoms. The van der Waals surface area contributed by atoms with E-state index in [0.29, 0.717) is 50.6 Å². The number of ether oxygens (including phenoxy) is 2. The summed E-state index contributed by atoms with van der Waals surface area (Å²) in [4.78, 5) is 27.8. The van der Waals surface area contributed by atoms with Crippen LogP contribution in [0.2, 0.25) is 0 Å². The van der Waals surface area contributed by atoms with E-state index in [1.165, 1.54) is 0 Å². The van der Waals surface area contributed by atoms with Crippen molar-refractivity contribution in [3.63, 3.8) is 0 Å². The van der Waals surface area contributed by atoms with Gasteiger partial charge in [-0.1, -0.05) is 49.2 Å². The molecule has 2 aromatic carbocycles. The quantitative estimate of drug-likeness (QED) is 0.394. The van der Waals surface area contributed by atoms with E-state index in [-0.39, 0.29) is 11.8 Å². The summed E-state index contributed by atoms with van der Waals surface area (Å²) in [5.41, 5.74) is 3.16. The number of carbonyl (C=O) groups is 2. The third-order valence-electron chi connectivity index (χ3n) is 5.71. The summed E-state index contributed by atoms with van der Waals surface area (Å²) in [6, 6.07) is 13.3. The topological polar surface area (TPSA) is 67.9 Å². The van der Waals surface area contributed by atoms with Gasteiger partial charge in [-0.05, 0) is 63.8 Å². The molecule has 0 radical (unpaired) electrons. The lowest BCUT2D eigenvalue weighted by Gasteiger charge is -2.29. The van der Waals surface area contributed by atoms with E-state index in [2.05, 4.69) is 12.2 Å². The number of benzene rings is 2. The van der Waals surface area contributed by atoms with Gasteiger partial charge in [0.15, 0.2) is 11.5 Å². The lowest BCUT2D eigenvalue weighted by molar-refractivity contribution is -0.140. The Morgan fingerprint density at radius 3 is 2.24 bits per heavy atom. The summed E-state index contributed by atoms with van der Waals surface area (Å²) >= 11 is 0. The molecule has 0 saturated heterocycles. The predicted octanol–water partition coefficient (Wildman–Crippen LogP) is 5.06. The van der Waals surface area contributed by atoms with Crippen LogP contribution in [0.3, 0.4) is 0 Å². The lowest BCUT2D eigenvalue weighted by atomic mass is 10.1. The van der Waals surface area contributed by atoms with Crippen molar-refractivity contribution in [2.45, 2.75) is 72.9 Å². The van der Waals surface area contributed by atoms with E-state index >= 15 is 0 Å². The first-order valence-corrected chi connectivity index (χ1v) is 12.4. The number of rotatable bonds is 14. The second-order valence-corrected chi connectivity index (χ2v) is 8.47. The second kappa shape index (κ2) is 14.3. The molecule has 0 fully saturated rings. The minimum absolute atomic E-state index is 0.0504. The Kier molecular flexibility index (Phi) is 11.4. The Balaban J connectivity index is 2.14. The average Bonchev–Trinajstić information content (AvgIpc) is 2.83. The summed E-state index contributed by atoms with van der Waals surface area (Å²) in [6.45, 7) is 11.9. The minimum Gasteiger partial charge on any atom is -0.490 e. The van der Waals surface area contributed by atoms with E-state index < -0.39 is 6.04 Å². The summed E-state index contributed by atoms with van der Waals surface area (Å²) in [5, 5.41) is 2.96. The first-order chi connectivity index (χ1) is 16.4. The molecule has 186 valence electrons. The number of unbranched alkanes of at least 4 members (excludes halogenated alkanes) is 1. The van der Waals surface area contributed by atoms with Crippen LogP contribution in [0.15, 0.2) is 42.5 Å². The Morgan fingerprint density at radius 2 is 1.59 bits per heavy atom. The normalized spacial score (nSPS) is 11.6. The SMILES string of the molecule is CCCCNC(=O)[C@H](C)N(Cc1ccc(C)cc1)C(=O)CCc1ccc(OCC)c(OCC)c1. The Morgan fingerprint density at radius 1 is 0.941 bits per heavy atom. The van der Waals surface area contributed by atoms with Gasteiger partial charge in [0.1, 0.15) is 6.04 Å². The van der Waals surface area contributed by atoms with Crippen molar-refractivity contribution in [2.75, 3.05) is 19.8 Å². The fraction of sp³-hybridized carbons (Fsp3) is 0.500. The second-order valence-electron chi connectivity index (χ2n) is 8.47. The number of amides is 2. The van der Waals surface area contributed by atoms with Crippen molar-refractivity contribution < 1.29 is 19.1 Å². The van der Waals surface area contributed by atoms with E-state index in [1.54, 1.807) is 11.8 Å². The molecule has 0 aromatic heterocycles. The first kappa shape index (κ1) is 27.2. The van der Waals surface area contributed by atoms with Crippen LogP contribution < -0.4 is 14.8 Å². The fourth-order valence-electron chi connectivity index (χ4n) is 3.65. The maximum Gasteiger partial charge on any atom is 0.242 e. The molecule has 0 unspecified atom stereocenters. The zero-order valence-corrected chi connectivity index (χ0v) is 21.4. The van der Waals surface area contributed by atoms with Crippen molar-refractivity contribution in [1.82, 2.24) is 10.2 Å². The minimum atomic E-state index is -0.551. The first-order valence-electron chi connectivity index (χ1n) is 12.4. The van der Waals surface area contributed by atoms with Crippen LogP contribution in [0.4, 0.5) is 0 Å². The van der Waals surface area contributed by atoms with Crippen LogP contribution in [0.5, 0.6) is 11.5 Å². The van der Waals surface area contributed by atoms with Crippen LogP contribution in [0.1, 0.15) is 63.6 Å². The molecule has 0 saturated carbocycles. The molecule has 34 heavy (non-hydrogen) atoms. The van der Waals surface area contributed by atoms with Crippen molar-refractivity contribution in [3.8, 4) is 11.5 Å². The predicted molar refractivity (Wildman–Crippen MR) is 136 cm³/mol. The van der Waals surface area contributed by atoms with Crippen LogP contribution in [0.25, 0.3) is 0 Å². The van der Waals surface area contributed by atoms with E-state index in [1.807, 2.05) is 63.2 Å². The number of hydrogen-bond donors (Lipinski definition) is 1. The number of aryl methyl sites for hydroxylation is 2. The van der Waals surface area contributed by atoms with Gasteiger partial charge in [-0.15, -0.1) is 0 Å². The van der Waals surface area contributed by atoms with Gasteiger partial charge in [0, 0.05) is 19.5 Å². The van der Waals surface area contributed by atoms with Gasteiger partial charge in [-0.3, -0.25) is 9.59 Å². The third kappa shape index (κ3) is 8.40. The maximum atomic E-state index is 13.3. The highest BCUT2D eigenvalue weighted by Gasteiger charge is 2.25. The highest BCUT2D eigenvalue weighted by molar-refractivity contribution is 5.87. The summed E-state index contributed by atoms with van der Waals surface area (Å²) in [6.07, 6.45) is 2.79. The highest BCUT2D eigenvalue weighted by atomic mass is 16.5. The Bertz CT molecular complexity index is 911. The molecule has 0 aliphatic carbocycles. The van der Waals surface area contributed by atoms with Crippen molar-refractivity contribution in [3.05, 3.63) is 59.2 Å². The number of nitrogens with zero attached hydrogens (tertiary/aromatic N) is 1. The molecule has 6 nitrogen and oxygen atoms in total. The number of nitrogens with one attached hydrogen (secondary N) is 1. The molecular weight excluding hydrogens is 428 g/mol. The van der Waals surface area contributed by atoms with Crippen LogP contribution in [-0.4, -0.2) is 42.5 Å². The van der Waals surface area contributed by atoms with E-state index in [0.717, 1.165) is 29.5 Å². The van der Waals surface area contributed by atoms with Crippen molar-refractivity contribution in [1.29, 1.82) is 0 Å². The van der Waals surface area contributed by atoms with Gasteiger partial charge in [-0.25, -0.2) is 0 Å². The zero-order chi connectivity index (χ0) is 24.9. The molecule has 0 heterocycles. The summed E-state index contributed by atoms with van der Waals surface area (Å²) in [5.74, 6) is 1.23. The van der Waals surface area contributed by atoms with Gasteiger partial charge >= 0.3 is 0 Å². The standard InChI is InChI=1S/C28H40N2O4/c1-6-9-18-29-28(32)22(5)30(20-24-12-10-21(4)11-13-24)27(31)17-15-23-14-16-25(33-7-2)26(19-23)34-8-3/h10-14,16,19,22H,6-9,15,17-18,20H2,1-5H3,(H,29,32)/t22-/m0/s1. The average molecular weight is 469 g/mol. The number of carbonyl (C=O) groups excluding carboxylic acids is 2.